The maximum absolute atomic E-state index is 11.6. The second-order valence-electron chi connectivity index (χ2n) is 4.17. The predicted octanol–water partition coefficient (Wildman–Crippen LogP) is 1.92. The first kappa shape index (κ1) is 15.5. The first-order valence-electron chi connectivity index (χ1n) is 6.05. The normalized spacial score (nSPS) is 10.3. The average molecular weight is 285 g/mol. The number of hydrogen-bond acceptors (Lipinski definition) is 4. The van der Waals surface area contributed by atoms with Gasteiger partial charge in [-0.15, -0.1) is 11.3 Å². The third-order valence-corrected chi connectivity index (χ3v) is 3.87. The average Bonchev–Trinajstić information content (AvgIpc) is 2.60. The minimum Gasteiger partial charge on any atom is -0.478 e. The summed E-state index contributed by atoms with van der Waals surface area (Å²) in [5.41, 5.74) is 6.21. The summed E-state index contributed by atoms with van der Waals surface area (Å²) in [7, 11) is 0. The van der Waals surface area contributed by atoms with Gasteiger partial charge in [-0.1, -0.05) is 0 Å². The molecule has 6 nitrogen and oxygen atoms in total. The fourth-order valence-corrected chi connectivity index (χ4v) is 2.64. The smallest absolute Gasteiger partial charge is 0.338 e. The molecule has 0 atom stereocenters. The summed E-state index contributed by atoms with van der Waals surface area (Å²) < 4.78 is 0. The molecule has 1 aromatic heterocycles. The summed E-state index contributed by atoms with van der Waals surface area (Å²) in [5, 5.41) is 14.8. The van der Waals surface area contributed by atoms with Crippen molar-refractivity contribution in [2.75, 3.05) is 18.4 Å². The number of hydrogen-bond donors (Lipinski definition) is 4. The highest BCUT2D eigenvalue weighted by Crippen LogP contribution is 2.32. The van der Waals surface area contributed by atoms with Crippen molar-refractivity contribution in [3.63, 3.8) is 0 Å². The van der Waals surface area contributed by atoms with E-state index in [1.54, 1.807) is 6.92 Å². The zero-order valence-corrected chi connectivity index (χ0v) is 11.9. The van der Waals surface area contributed by atoms with Crippen LogP contribution >= 0.6 is 11.3 Å². The number of carbonyl (C=O) groups excluding carboxylic acids is 1. The second-order valence-corrected chi connectivity index (χ2v) is 5.39. The lowest BCUT2D eigenvalue weighted by Gasteiger charge is -2.06. The van der Waals surface area contributed by atoms with Crippen LogP contribution < -0.4 is 16.4 Å². The molecule has 106 valence electrons. The van der Waals surface area contributed by atoms with Gasteiger partial charge in [0.2, 0.25) is 0 Å². The molecule has 0 spiro atoms. The molecule has 7 heteroatoms. The molecule has 2 amide bonds. The van der Waals surface area contributed by atoms with Crippen LogP contribution in [0.1, 0.15) is 33.6 Å². The zero-order chi connectivity index (χ0) is 14.4. The van der Waals surface area contributed by atoms with Gasteiger partial charge >= 0.3 is 12.0 Å². The van der Waals surface area contributed by atoms with Gasteiger partial charge in [-0.05, 0) is 38.8 Å². The van der Waals surface area contributed by atoms with Gasteiger partial charge in [0, 0.05) is 11.4 Å². The fourth-order valence-electron chi connectivity index (χ4n) is 1.59. The predicted molar refractivity (Wildman–Crippen MR) is 76.1 cm³/mol. The lowest BCUT2D eigenvalue weighted by molar-refractivity contribution is 0.0697. The number of rotatable bonds is 6. The standard InChI is InChI=1S/C12H19N3O3S/c1-7-8(2)19-10(9(7)11(16)17)15-12(18)14-6-4-3-5-13/h3-6,13H2,1-2H3,(H,16,17)(H2,14,15,18). The number of anilines is 1. The van der Waals surface area contributed by atoms with Crippen LogP contribution in [0.4, 0.5) is 9.80 Å². The third kappa shape index (κ3) is 4.22. The molecule has 0 bridgehead atoms. The van der Waals surface area contributed by atoms with Gasteiger partial charge in [-0.3, -0.25) is 5.32 Å². The van der Waals surface area contributed by atoms with E-state index in [2.05, 4.69) is 10.6 Å². The molecule has 0 unspecified atom stereocenters. The Bertz CT molecular complexity index is 471. The number of carboxylic acids is 1. The number of aromatic carboxylic acids is 1. The molecular formula is C12H19N3O3S. The van der Waals surface area contributed by atoms with E-state index in [1.807, 2.05) is 6.92 Å². The Balaban J connectivity index is 2.64. The minimum absolute atomic E-state index is 0.166. The first-order valence-corrected chi connectivity index (χ1v) is 6.87. The SMILES string of the molecule is Cc1sc(NC(=O)NCCCCN)c(C(=O)O)c1C. The van der Waals surface area contributed by atoms with Gasteiger partial charge in [0.05, 0.1) is 5.56 Å². The van der Waals surface area contributed by atoms with Gasteiger partial charge < -0.3 is 16.2 Å². The summed E-state index contributed by atoms with van der Waals surface area (Å²) in [4.78, 5) is 23.7. The lowest BCUT2D eigenvalue weighted by atomic mass is 10.1. The highest BCUT2D eigenvalue weighted by molar-refractivity contribution is 7.16. The monoisotopic (exact) mass is 285 g/mol. The van der Waals surface area contributed by atoms with Crippen molar-refractivity contribution >= 4 is 28.3 Å². The van der Waals surface area contributed by atoms with Crippen molar-refractivity contribution in [3.05, 3.63) is 16.0 Å². The molecule has 0 radical (unpaired) electrons. The molecule has 1 aromatic rings. The maximum Gasteiger partial charge on any atom is 0.338 e. The highest BCUT2D eigenvalue weighted by Gasteiger charge is 2.19. The number of carboxylic acid groups (broad SMARTS) is 1. The van der Waals surface area contributed by atoms with Crippen molar-refractivity contribution in [1.29, 1.82) is 0 Å². The Morgan fingerprint density at radius 3 is 2.58 bits per heavy atom. The molecule has 0 fully saturated rings. The third-order valence-electron chi connectivity index (χ3n) is 2.74. The lowest BCUT2D eigenvalue weighted by Crippen LogP contribution is -2.30. The van der Waals surface area contributed by atoms with Gasteiger partial charge in [0.25, 0.3) is 0 Å². The molecule has 5 N–H and O–H groups in total. The van der Waals surface area contributed by atoms with E-state index in [4.69, 9.17) is 10.8 Å². The Hall–Kier alpha value is -1.60. The molecule has 1 heterocycles. The largest absolute Gasteiger partial charge is 0.478 e. The van der Waals surface area contributed by atoms with Crippen molar-refractivity contribution in [1.82, 2.24) is 5.32 Å². The van der Waals surface area contributed by atoms with Crippen molar-refractivity contribution < 1.29 is 14.7 Å². The molecule has 19 heavy (non-hydrogen) atoms. The van der Waals surface area contributed by atoms with Crippen LogP contribution in [0, 0.1) is 13.8 Å². The Morgan fingerprint density at radius 2 is 2.00 bits per heavy atom. The van der Waals surface area contributed by atoms with Crippen molar-refractivity contribution in [2.24, 2.45) is 5.73 Å². The van der Waals surface area contributed by atoms with Crippen molar-refractivity contribution in [3.8, 4) is 0 Å². The zero-order valence-electron chi connectivity index (χ0n) is 11.1. The minimum atomic E-state index is -1.03. The van der Waals surface area contributed by atoms with Crippen LogP contribution in [-0.2, 0) is 0 Å². The molecule has 0 aliphatic rings. The second kappa shape index (κ2) is 7.10. The van der Waals surface area contributed by atoms with Gasteiger partial charge in [0.1, 0.15) is 5.00 Å². The fraction of sp³-hybridized carbons (Fsp3) is 0.500. The van der Waals surface area contributed by atoms with Crippen LogP contribution in [0.2, 0.25) is 0 Å². The summed E-state index contributed by atoms with van der Waals surface area (Å²) >= 11 is 1.27. The number of thiophene rings is 1. The Labute approximate surface area is 116 Å². The van der Waals surface area contributed by atoms with Crippen LogP contribution in [-0.4, -0.2) is 30.2 Å². The molecular weight excluding hydrogens is 266 g/mol. The van der Waals surface area contributed by atoms with Crippen molar-refractivity contribution in [2.45, 2.75) is 26.7 Å². The van der Waals surface area contributed by atoms with E-state index < -0.39 is 5.97 Å². The quantitative estimate of drug-likeness (QED) is 0.599. The van der Waals surface area contributed by atoms with Crippen LogP contribution in [0.25, 0.3) is 0 Å². The molecule has 0 aliphatic heterocycles. The number of nitrogens with one attached hydrogen (secondary N) is 2. The number of unbranched alkanes of at least 4 members (excludes halogenated alkanes) is 1. The van der Waals surface area contributed by atoms with E-state index in [1.165, 1.54) is 11.3 Å². The van der Waals surface area contributed by atoms with E-state index in [0.717, 1.165) is 17.7 Å². The van der Waals surface area contributed by atoms with E-state index in [0.29, 0.717) is 23.7 Å². The maximum atomic E-state index is 11.6. The van der Waals surface area contributed by atoms with Gasteiger partial charge in [0.15, 0.2) is 0 Å². The Kier molecular flexibility index (Phi) is 5.78. The van der Waals surface area contributed by atoms with Gasteiger partial charge in [-0.2, -0.15) is 0 Å². The summed E-state index contributed by atoms with van der Waals surface area (Å²) in [5.74, 6) is -1.03. The highest BCUT2D eigenvalue weighted by atomic mass is 32.1. The molecule has 1 rings (SSSR count). The van der Waals surface area contributed by atoms with E-state index >= 15 is 0 Å². The number of nitrogens with two attached hydrogens (primary N) is 1. The summed E-state index contributed by atoms with van der Waals surface area (Å²) in [6.07, 6.45) is 1.65. The summed E-state index contributed by atoms with van der Waals surface area (Å²) in [6, 6.07) is -0.388. The Morgan fingerprint density at radius 1 is 1.32 bits per heavy atom. The number of aryl methyl sites for hydroxylation is 1. The molecule has 0 saturated heterocycles. The molecule has 0 aliphatic carbocycles. The van der Waals surface area contributed by atoms with Gasteiger partial charge in [-0.25, -0.2) is 9.59 Å². The topological polar surface area (TPSA) is 104 Å². The summed E-state index contributed by atoms with van der Waals surface area (Å²) in [6.45, 7) is 4.68. The van der Waals surface area contributed by atoms with Crippen LogP contribution in [0.15, 0.2) is 0 Å². The van der Waals surface area contributed by atoms with Crippen LogP contribution in [0.3, 0.4) is 0 Å². The number of urea groups is 1. The van der Waals surface area contributed by atoms with E-state index in [9.17, 15) is 9.59 Å². The number of amides is 2. The van der Waals surface area contributed by atoms with Crippen LogP contribution in [0.5, 0.6) is 0 Å². The molecule has 0 aromatic carbocycles. The van der Waals surface area contributed by atoms with E-state index in [-0.39, 0.29) is 11.6 Å². The molecule has 0 saturated carbocycles. The number of carbonyl (C=O) groups is 2. The first-order chi connectivity index (χ1) is 8.97.